The summed E-state index contributed by atoms with van der Waals surface area (Å²) in [5.41, 5.74) is 1.34. The highest BCUT2D eigenvalue weighted by Crippen LogP contribution is 2.26. The van der Waals surface area contributed by atoms with Gasteiger partial charge in [-0.1, -0.05) is 32.2 Å². The van der Waals surface area contributed by atoms with E-state index in [-0.39, 0.29) is 5.41 Å². The van der Waals surface area contributed by atoms with Crippen LogP contribution in [-0.2, 0) is 6.54 Å². The Morgan fingerprint density at radius 2 is 2.06 bits per heavy atom. The average molecular weight is 270 g/mol. The topological polar surface area (TPSA) is 41.1 Å². The molecular weight excluding hydrogens is 244 g/mol. The second-order valence-electron chi connectivity index (χ2n) is 5.93. The minimum absolute atomic E-state index is 0.273. The van der Waals surface area contributed by atoms with E-state index in [0.717, 1.165) is 30.2 Å². The number of anilines is 1. The van der Waals surface area contributed by atoms with Crippen molar-refractivity contribution in [1.82, 2.24) is 14.5 Å². The van der Waals surface area contributed by atoms with E-state index < -0.39 is 0 Å². The molecule has 0 aliphatic carbocycles. The Kier molecular flexibility index (Phi) is 5.53. The molecular formula is C13H26N4S. The molecule has 0 aliphatic heterocycles. The fraction of sp³-hybridized carbons (Fsp3) is 0.846. The highest BCUT2D eigenvalue weighted by molar-refractivity contribution is 7.10. The van der Waals surface area contributed by atoms with Gasteiger partial charge in [0.05, 0.1) is 0 Å². The normalized spacial score (nSPS) is 13.9. The second-order valence-corrected chi connectivity index (χ2v) is 6.69. The number of nitrogens with zero attached hydrogens (tertiary/aromatic N) is 3. The number of nitrogens with one attached hydrogen (secondary N) is 1. The maximum atomic E-state index is 4.24. The van der Waals surface area contributed by atoms with E-state index in [9.17, 15) is 0 Å². The summed E-state index contributed by atoms with van der Waals surface area (Å²) in [7, 11) is 2.15. The molecule has 0 saturated carbocycles. The summed E-state index contributed by atoms with van der Waals surface area (Å²) in [6.07, 6.45) is 1.12. The first-order chi connectivity index (χ1) is 8.36. The van der Waals surface area contributed by atoms with Crippen LogP contribution in [0.25, 0.3) is 0 Å². The lowest BCUT2D eigenvalue weighted by Gasteiger charge is -2.35. The van der Waals surface area contributed by atoms with Gasteiger partial charge in [-0.25, -0.2) is 0 Å². The predicted molar refractivity (Wildman–Crippen MR) is 79.1 cm³/mol. The van der Waals surface area contributed by atoms with Crippen LogP contribution in [0.1, 0.15) is 46.7 Å². The Morgan fingerprint density at radius 3 is 2.61 bits per heavy atom. The summed E-state index contributed by atoms with van der Waals surface area (Å²) in [5, 5.41) is 8.75. The smallest absolute Gasteiger partial charge is 0.134 e. The number of hydrogen-bond acceptors (Lipinski definition) is 5. The van der Waals surface area contributed by atoms with Crippen LogP contribution in [0.2, 0.25) is 0 Å². The summed E-state index contributed by atoms with van der Waals surface area (Å²) >= 11 is 1.45. The lowest BCUT2D eigenvalue weighted by molar-refractivity contribution is 0.133. The molecule has 0 fully saturated rings. The molecule has 0 radical (unpaired) electrons. The molecule has 1 rings (SSSR count). The molecule has 0 saturated heterocycles. The Hall–Kier alpha value is -0.680. The predicted octanol–water partition coefficient (Wildman–Crippen LogP) is 3.23. The highest BCUT2D eigenvalue weighted by Gasteiger charge is 2.25. The van der Waals surface area contributed by atoms with Crippen molar-refractivity contribution >= 4 is 16.5 Å². The fourth-order valence-corrected chi connectivity index (χ4v) is 2.32. The summed E-state index contributed by atoms with van der Waals surface area (Å²) in [5.74, 6) is 0. The van der Waals surface area contributed by atoms with E-state index in [1.807, 2.05) is 0 Å². The molecule has 4 nitrogen and oxygen atoms in total. The van der Waals surface area contributed by atoms with Crippen LogP contribution in [0.5, 0.6) is 0 Å². The molecule has 0 amide bonds. The van der Waals surface area contributed by atoms with Crippen molar-refractivity contribution in [2.45, 2.75) is 53.6 Å². The molecule has 18 heavy (non-hydrogen) atoms. The van der Waals surface area contributed by atoms with Crippen LogP contribution >= 0.6 is 11.5 Å². The van der Waals surface area contributed by atoms with Gasteiger partial charge < -0.3 is 5.32 Å². The maximum absolute atomic E-state index is 4.24. The fourth-order valence-electron chi connectivity index (χ4n) is 1.72. The third-order valence-corrected chi connectivity index (χ3v) is 4.13. The van der Waals surface area contributed by atoms with Gasteiger partial charge in [-0.3, -0.25) is 4.90 Å². The van der Waals surface area contributed by atoms with Gasteiger partial charge in [-0.15, -0.1) is 5.10 Å². The monoisotopic (exact) mass is 270 g/mol. The first-order valence-electron chi connectivity index (χ1n) is 6.61. The minimum Gasteiger partial charge on any atom is -0.374 e. The first kappa shape index (κ1) is 15.4. The Morgan fingerprint density at radius 1 is 1.39 bits per heavy atom. The zero-order chi connectivity index (χ0) is 13.8. The largest absolute Gasteiger partial charge is 0.374 e. The minimum atomic E-state index is 0.273. The van der Waals surface area contributed by atoms with Crippen molar-refractivity contribution in [2.75, 3.05) is 18.9 Å². The van der Waals surface area contributed by atoms with Crippen molar-refractivity contribution in [3.63, 3.8) is 0 Å². The van der Waals surface area contributed by atoms with E-state index >= 15 is 0 Å². The lowest BCUT2D eigenvalue weighted by Crippen LogP contribution is -2.39. The van der Waals surface area contributed by atoms with Crippen LogP contribution in [-0.4, -0.2) is 34.1 Å². The maximum Gasteiger partial charge on any atom is 0.134 e. The highest BCUT2D eigenvalue weighted by atomic mass is 32.1. The van der Waals surface area contributed by atoms with Gasteiger partial charge in [-0.2, -0.15) is 0 Å². The molecule has 5 heteroatoms. The second kappa shape index (κ2) is 6.48. The van der Waals surface area contributed by atoms with Crippen molar-refractivity contribution in [2.24, 2.45) is 5.41 Å². The first-order valence-corrected chi connectivity index (χ1v) is 7.39. The van der Waals surface area contributed by atoms with Gasteiger partial charge in [-0.05, 0) is 25.8 Å². The summed E-state index contributed by atoms with van der Waals surface area (Å²) in [6.45, 7) is 13.1. The number of rotatable bonds is 6. The molecule has 1 aromatic rings. The molecule has 104 valence electrons. The summed E-state index contributed by atoms with van der Waals surface area (Å²) in [6, 6.07) is 0.498. The van der Waals surface area contributed by atoms with E-state index in [4.69, 9.17) is 0 Å². The van der Waals surface area contributed by atoms with E-state index in [0.29, 0.717) is 6.04 Å². The zero-order valence-corrected chi connectivity index (χ0v) is 13.3. The molecule has 0 spiro atoms. The van der Waals surface area contributed by atoms with Gasteiger partial charge in [0.1, 0.15) is 10.7 Å². The molecule has 1 aromatic heterocycles. The van der Waals surface area contributed by atoms with Gasteiger partial charge in [0, 0.05) is 30.7 Å². The Bertz CT molecular complexity index is 356. The molecule has 1 unspecified atom stereocenters. The number of aromatic nitrogens is 2. The van der Waals surface area contributed by atoms with Crippen molar-refractivity contribution in [3.05, 3.63) is 5.69 Å². The molecule has 0 bridgehead atoms. The quantitative estimate of drug-likeness (QED) is 0.861. The molecule has 1 N–H and O–H groups in total. The van der Waals surface area contributed by atoms with Crippen LogP contribution in [0.3, 0.4) is 0 Å². The zero-order valence-electron chi connectivity index (χ0n) is 12.4. The third kappa shape index (κ3) is 4.21. The van der Waals surface area contributed by atoms with Crippen LogP contribution in [0, 0.1) is 5.41 Å². The molecule has 1 atom stereocenters. The van der Waals surface area contributed by atoms with Gasteiger partial charge in [0.25, 0.3) is 0 Å². The van der Waals surface area contributed by atoms with Gasteiger partial charge in [0.15, 0.2) is 0 Å². The SMILES string of the molecule is CCCNc1snnc1CN(C)C(C)C(C)(C)C. The lowest BCUT2D eigenvalue weighted by atomic mass is 9.87. The van der Waals surface area contributed by atoms with Crippen LogP contribution in [0.4, 0.5) is 5.00 Å². The van der Waals surface area contributed by atoms with Crippen LogP contribution in [0.15, 0.2) is 0 Å². The molecule has 1 heterocycles. The Balaban J connectivity index is 2.64. The van der Waals surface area contributed by atoms with Gasteiger partial charge >= 0.3 is 0 Å². The van der Waals surface area contributed by atoms with Gasteiger partial charge in [0.2, 0.25) is 0 Å². The summed E-state index contributed by atoms with van der Waals surface area (Å²) < 4.78 is 4.05. The number of hydrogen-bond donors (Lipinski definition) is 1. The van der Waals surface area contributed by atoms with E-state index in [1.165, 1.54) is 11.5 Å². The van der Waals surface area contributed by atoms with Crippen molar-refractivity contribution < 1.29 is 0 Å². The van der Waals surface area contributed by atoms with Crippen molar-refractivity contribution in [3.8, 4) is 0 Å². The summed E-state index contributed by atoms with van der Waals surface area (Å²) in [4.78, 5) is 2.34. The molecule has 0 aliphatic rings. The van der Waals surface area contributed by atoms with Crippen molar-refractivity contribution in [1.29, 1.82) is 0 Å². The average Bonchev–Trinajstić information content (AvgIpc) is 2.71. The standard InChI is InChI=1S/C13H26N4S/c1-7-8-14-12-11(15-16-18-12)9-17(6)10(2)13(3,4)5/h10,14H,7-9H2,1-6H3. The Labute approximate surface area is 115 Å². The van der Waals surface area contributed by atoms with E-state index in [2.05, 4.69) is 61.5 Å². The third-order valence-electron chi connectivity index (χ3n) is 3.40. The molecule has 0 aromatic carbocycles. The van der Waals surface area contributed by atoms with E-state index in [1.54, 1.807) is 0 Å². The van der Waals surface area contributed by atoms with Crippen LogP contribution < -0.4 is 5.32 Å².